The van der Waals surface area contributed by atoms with Crippen LogP contribution in [-0.2, 0) is 0 Å². The van der Waals surface area contributed by atoms with Crippen LogP contribution in [0.1, 0.15) is 13.8 Å². The Balaban J connectivity index is 2.45. The predicted octanol–water partition coefficient (Wildman–Crippen LogP) is 1.32. The Labute approximate surface area is 55.7 Å². The van der Waals surface area contributed by atoms with Crippen LogP contribution in [0.25, 0.3) is 0 Å². The first-order chi connectivity index (χ1) is 4.22. The van der Waals surface area contributed by atoms with Crippen LogP contribution in [0.5, 0.6) is 0 Å². The Bertz CT molecular complexity index is 119. The molecule has 1 rings (SSSR count). The molecular formula is C6H13N3. The largest absolute Gasteiger partial charge is 0.277 e. The molecule has 0 N–H and O–H groups in total. The van der Waals surface area contributed by atoms with E-state index in [2.05, 4.69) is 24.2 Å². The summed E-state index contributed by atoms with van der Waals surface area (Å²) in [5.41, 5.74) is 0. The topological polar surface area (TPSA) is 28.0 Å². The van der Waals surface area contributed by atoms with Crippen molar-refractivity contribution in [3.05, 3.63) is 0 Å². The minimum absolute atomic E-state index is 0.532. The Morgan fingerprint density at radius 3 is 2.44 bits per heavy atom. The molecule has 3 nitrogen and oxygen atoms in total. The van der Waals surface area contributed by atoms with E-state index in [1.165, 1.54) is 0 Å². The van der Waals surface area contributed by atoms with Gasteiger partial charge in [0.05, 0.1) is 12.6 Å². The summed E-state index contributed by atoms with van der Waals surface area (Å²) in [6, 6.07) is 0.532. The standard InChI is InChI=1S/C6H13N3/c1-5(2)6-4-7-8-9(6)3/h5-6H,4H2,1-3H3. The lowest BCUT2D eigenvalue weighted by Crippen LogP contribution is -2.30. The fourth-order valence-electron chi connectivity index (χ4n) is 1.05. The summed E-state index contributed by atoms with van der Waals surface area (Å²) in [6.07, 6.45) is 0. The van der Waals surface area contributed by atoms with Gasteiger partial charge in [-0.1, -0.05) is 19.1 Å². The summed E-state index contributed by atoms with van der Waals surface area (Å²) in [6.45, 7) is 5.25. The minimum atomic E-state index is 0.532. The van der Waals surface area contributed by atoms with Crippen molar-refractivity contribution >= 4 is 0 Å². The molecule has 0 radical (unpaired) electrons. The molecule has 0 aromatic rings. The lowest BCUT2D eigenvalue weighted by molar-refractivity contribution is 0.238. The molecule has 1 unspecified atom stereocenters. The van der Waals surface area contributed by atoms with Gasteiger partial charge < -0.3 is 0 Å². The van der Waals surface area contributed by atoms with Crippen LogP contribution in [0.3, 0.4) is 0 Å². The lowest BCUT2D eigenvalue weighted by Gasteiger charge is -2.19. The SMILES string of the molecule is CC(C)C1CN=NN1C. The fraction of sp³-hybridized carbons (Fsp3) is 1.00. The average molecular weight is 127 g/mol. The van der Waals surface area contributed by atoms with Crippen molar-refractivity contribution in [3.8, 4) is 0 Å². The van der Waals surface area contributed by atoms with Crippen molar-refractivity contribution in [2.75, 3.05) is 13.6 Å². The minimum Gasteiger partial charge on any atom is -0.277 e. The normalized spacial score (nSPS) is 26.2. The molecule has 52 valence electrons. The molecule has 0 aliphatic carbocycles. The van der Waals surface area contributed by atoms with Gasteiger partial charge in [0.2, 0.25) is 0 Å². The van der Waals surface area contributed by atoms with Crippen LogP contribution >= 0.6 is 0 Å². The summed E-state index contributed by atoms with van der Waals surface area (Å²) in [4.78, 5) is 0. The van der Waals surface area contributed by atoms with E-state index in [0.717, 1.165) is 6.54 Å². The van der Waals surface area contributed by atoms with Crippen LogP contribution in [-0.4, -0.2) is 24.6 Å². The van der Waals surface area contributed by atoms with Crippen LogP contribution in [0.2, 0.25) is 0 Å². The third-order valence-electron chi connectivity index (χ3n) is 1.72. The van der Waals surface area contributed by atoms with Crippen molar-refractivity contribution in [1.29, 1.82) is 0 Å². The summed E-state index contributed by atoms with van der Waals surface area (Å²) < 4.78 is 0. The van der Waals surface area contributed by atoms with Crippen molar-refractivity contribution in [1.82, 2.24) is 5.01 Å². The molecule has 1 aliphatic heterocycles. The summed E-state index contributed by atoms with van der Waals surface area (Å²) >= 11 is 0. The van der Waals surface area contributed by atoms with E-state index in [-0.39, 0.29) is 0 Å². The number of hydrogen-bond donors (Lipinski definition) is 0. The highest BCUT2D eigenvalue weighted by atomic mass is 15.6. The van der Waals surface area contributed by atoms with E-state index in [1.807, 2.05) is 12.1 Å². The Morgan fingerprint density at radius 1 is 1.56 bits per heavy atom. The highest BCUT2D eigenvalue weighted by Gasteiger charge is 2.21. The Morgan fingerprint density at radius 2 is 2.22 bits per heavy atom. The monoisotopic (exact) mass is 127 g/mol. The van der Waals surface area contributed by atoms with Gasteiger partial charge in [0.15, 0.2) is 0 Å². The zero-order valence-corrected chi connectivity index (χ0v) is 6.20. The van der Waals surface area contributed by atoms with Crippen molar-refractivity contribution in [2.24, 2.45) is 16.3 Å². The summed E-state index contributed by atoms with van der Waals surface area (Å²) in [5.74, 6) is 0.657. The molecular weight excluding hydrogens is 114 g/mol. The number of rotatable bonds is 1. The van der Waals surface area contributed by atoms with Gasteiger partial charge in [0.25, 0.3) is 0 Å². The van der Waals surface area contributed by atoms with Crippen molar-refractivity contribution in [3.63, 3.8) is 0 Å². The maximum atomic E-state index is 3.92. The summed E-state index contributed by atoms with van der Waals surface area (Å²) in [7, 11) is 1.97. The van der Waals surface area contributed by atoms with E-state index in [9.17, 15) is 0 Å². The van der Waals surface area contributed by atoms with Crippen LogP contribution < -0.4 is 0 Å². The molecule has 1 aliphatic rings. The van der Waals surface area contributed by atoms with Crippen molar-refractivity contribution < 1.29 is 0 Å². The number of nitrogens with zero attached hydrogens (tertiary/aromatic N) is 3. The fourth-order valence-corrected chi connectivity index (χ4v) is 1.05. The molecule has 0 spiro atoms. The first-order valence-corrected chi connectivity index (χ1v) is 3.32. The van der Waals surface area contributed by atoms with E-state index in [0.29, 0.717) is 12.0 Å². The van der Waals surface area contributed by atoms with E-state index in [4.69, 9.17) is 0 Å². The maximum Gasteiger partial charge on any atom is 0.0843 e. The van der Waals surface area contributed by atoms with Gasteiger partial charge in [-0.2, -0.15) is 5.11 Å². The molecule has 0 saturated carbocycles. The molecule has 1 atom stereocenters. The smallest absolute Gasteiger partial charge is 0.0843 e. The second kappa shape index (κ2) is 2.33. The van der Waals surface area contributed by atoms with Crippen LogP contribution in [0.4, 0.5) is 0 Å². The van der Waals surface area contributed by atoms with Gasteiger partial charge in [-0.25, -0.2) is 0 Å². The molecule has 1 heterocycles. The predicted molar refractivity (Wildman–Crippen MR) is 36.1 cm³/mol. The van der Waals surface area contributed by atoms with Gasteiger partial charge in [0.1, 0.15) is 0 Å². The highest BCUT2D eigenvalue weighted by molar-refractivity contribution is 4.74. The van der Waals surface area contributed by atoms with E-state index in [1.54, 1.807) is 0 Å². The second-order valence-electron chi connectivity index (χ2n) is 2.80. The number of likely N-dealkylation sites (N-methyl/N-ethyl adjacent to an activating group) is 1. The molecule has 0 fully saturated rings. The third kappa shape index (κ3) is 1.20. The Kier molecular flexibility index (Phi) is 1.69. The molecule has 0 amide bonds. The van der Waals surface area contributed by atoms with Gasteiger partial charge in [-0.3, -0.25) is 5.01 Å². The zero-order valence-electron chi connectivity index (χ0n) is 6.20. The Hall–Kier alpha value is -0.600. The third-order valence-corrected chi connectivity index (χ3v) is 1.72. The van der Waals surface area contributed by atoms with Gasteiger partial charge in [0, 0.05) is 7.05 Å². The van der Waals surface area contributed by atoms with Crippen LogP contribution in [0, 0.1) is 5.92 Å². The van der Waals surface area contributed by atoms with E-state index < -0.39 is 0 Å². The lowest BCUT2D eigenvalue weighted by atomic mass is 10.1. The molecule has 9 heavy (non-hydrogen) atoms. The molecule has 0 saturated heterocycles. The summed E-state index contributed by atoms with van der Waals surface area (Å²) in [5, 5.41) is 9.75. The van der Waals surface area contributed by atoms with Crippen molar-refractivity contribution in [2.45, 2.75) is 19.9 Å². The van der Waals surface area contributed by atoms with Gasteiger partial charge in [-0.15, -0.1) is 0 Å². The molecule has 0 aromatic heterocycles. The van der Waals surface area contributed by atoms with E-state index >= 15 is 0 Å². The maximum absolute atomic E-state index is 3.92. The zero-order chi connectivity index (χ0) is 6.85. The molecule has 0 aromatic carbocycles. The molecule has 0 bridgehead atoms. The highest BCUT2D eigenvalue weighted by Crippen LogP contribution is 2.14. The first-order valence-electron chi connectivity index (χ1n) is 3.32. The quantitative estimate of drug-likeness (QED) is 0.522. The van der Waals surface area contributed by atoms with Gasteiger partial charge in [-0.05, 0) is 5.92 Å². The molecule has 3 heteroatoms. The second-order valence-corrected chi connectivity index (χ2v) is 2.80. The first kappa shape index (κ1) is 6.52. The number of hydrogen-bond acceptors (Lipinski definition) is 3. The van der Waals surface area contributed by atoms with Crippen LogP contribution in [0.15, 0.2) is 10.3 Å². The average Bonchev–Trinajstić information content (AvgIpc) is 2.13. The van der Waals surface area contributed by atoms with Gasteiger partial charge >= 0.3 is 0 Å².